The van der Waals surface area contributed by atoms with Gasteiger partial charge in [0.15, 0.2) is 0 Å². The minimum absolute atomic E-state index is 0.00231. The van der Waals surface area contributed by atoms with Gasteiger partial charge in [0.25, 0.3) is 0 Å². The molecule has 1 aliphatic rings. The zero-order valence-corrected chi connectivity index (χ0v) is 8.61. The maximum Gasteiger partial charge on any atom is 0.309 e. The number of hydrogen-bond donors (Lipinski definition) is 2. The molecule has 0 aromatic carbocycles. The fraction of sp³-hybridized carbons (Fsp3) is 0.889. The summed E-state index contributed by atoms with van der Waals surface area (Å²) in [6.07, 6.45) is 0. The Morgan fingerprint density at radius 3 is 2.15 bits per heavy atom. The summed E-state index contributed by atoms with van der Waals surface area (Å²) >= 11 is 0. The largest absolute Gasteiger partial charge is 0.481 e. The van der Waals surface area contributed by atoms with E-state index in [1.807, 2.05) is 32.7 Å². The van der Waals surface area contributed by atoms with Crippen LogP contribution in [-0.2, 0) is 4.79 Å². The first kappa shape index (κ1) is 10.5. The minimum Gasteiger partial charge on any atom is -0.481 e. The van der Waals surface area contributed by atoms with Crippen LogP contribution in [0.15, 0.2) is 0 Å². The number of carboxylic acids is 1. The zero-order chi connectivity index (χ0) is 10.4. The lowest BCUT2D eigenvalue weighted by atomic mass is 9.89. The topological polar surface area (TPSA) is 66.6 Å². The maximum atomic E-state index is 10.9. The molecular weight excluding hydrogens is 168 g/mol. The van der Waals surface area contributed by atoms with E-state index in [1.54, 1.807) is 0 Å². The van der Waals surface area contributed by atoms with Gasteiger partial charge < -0.3 is 10.8 Å². The second-order valence-electron chi connectivity index (χ2n) is 4.39. The van der Waals surface area contributed by atoms with E-state index in [1.165, 1.54) is 0 Å². The van der Waals surface area contributed by atoms with Crippen molar-refractivity contribution in [1.82, 2.24) is 4.90 Å². The molecular formula is C9H18N2O2. The molecule has 3 N–H and O–H groups in total. The van der Waals surface area contributed by atoms with E-state index < -0.39 is 11.9 Å². The number of nitrogens with zero attached hydrogens (tertiary/aromatic N) is 1. The van der Waals surface area contributed by atoms with Gasteiger partial charge in [-0.3, -0.25) is 9.69 Å². The van der Waals surface area contributed by atoms with Crippen molar-refractivity contribution < 1.29 is 9.90 Å². The van der Waals surface area contributed by atoms with E-state index in [2.05, 4.69) is 0 Å². The number of hydrogen-bond acceptors (Lipinski definition) is 3. The molecule has 3 atom stereocenters. The highest BCUT2D eigenvalue weighted by Crippen LogP contribution is 2.35. The van der Waals surface area contributed by atoms with Gasteiger partial charge >= 0.3 is 5.97 Å². The van der Waals surface area contributed by atoms with Crippen molar-refractivity contribution in [1.29, 1.82) is 0 Å². The van der Waals surface area contributed by atoms with Crippen molar-refractivity contribution in [2.24, 2.45) is 11.7 Å². The molecule has 0 radical (unpaired) electrons. The Morgan fingerprint density at radius 1 is 1.54 bits per heavy atom. The van der Waals surface area contributed by atoms with E-state index >= 15 is 0 Å². The molecule has 0 aromatic rings. The molecule has 13 heavy (non-hydrogen) atoms. The molecule has 76 valence electrons. The molecule has 4 heteroatoms. The van der Waals surface area contributed by atoms with Gasteiger partial charge in [0.2, 0.25) is 0 Å². The Labute approximate surface area is 78.7 Å². The SMILES string of the molecule is CC1C(C(=O)O)C(N)C(C)(C)N1C. The average Bonchev–Trinajstić information content (AvgIpc) is 2.14. The molecule has 1 rings (SSSR count). The van der Waals surface area contributed by atoms with Crippen molar-refractivity contribution >= 4 is 5.97 Å². The number of nitrogens with two attached hydrogens (primary N) is 1. The van der Waals surface area contributed by atoms with Crippen LogP contribution in [0.3, 0.4) is 0 Å². The summed E-state index contributed by atoms with van der Waals surface area (Å²) in [4.78, 5) is 13.0. The fourth-order valence-corrected chi connectivity index (χ4v) is 2.10. The van der Waals surface area contributed by atoms with Crippen LogP contribution in [-0.4, -0.2) is 40.6 Å². The summed E-state index contributed by atoms with van der Waals surface area (Å²) in [6.45, 7) is 5.88. The summed E-state index contributed by atoms with van der Waals surface area (Å²) in [5.74, 6) is -1.25. The van der Waals surface area contributed by atoms with Crippen molar-refractivity contribution in [3.8, 4) is 0 Å². The van der Waals surface area contributed by atoms with E-state index in [0.29, 0.717) is 0 Å². The lowest BCUT2D eigenvalue weighted by molar-refractivity contribution is -0.142. The van der Waals surface area contributed by atoms with E-state index in [0.717, 1.165) is 0 Å². The molecule has 0 aliphatic carbocycles. The molecule has 3 unspecified atom stereocenters. The second kappa shape index (κ2) is 2.96. The first-order chi connectivity index (χ1) is 5.80. The Balaban J connectivity index is 2.98. The lowest BCUT2D eigenvalue weighted by Gasteiger charge is -2.32. The van der Waals surface area contributed by atoms with Gasteiger partial charge in [0, 0.05) is 17.6 Å². The summed E-state index contributed by atoms with van der Waals surface area (Å²) < 4.78 is 0. The first-order valence-electron chi connectivity index (χ1n) is 4.51. The highest BCUT2D eigenvalue weighted by molar-refractivity contribution is 5.72. The molecule has 4 nitrogen and oxygen atoms in total. The standard InChI is InChI=1S/C9H18N2O2/c1-5-6(8(12)13)7(10)9(2,3)11(5)4/h5-7H,10H2,1-4H3,(H,12,13). The number of likely N-dealkylation sites (N-methyl/N-ethyl adjacent to an activating group) is 1. The lowest BCUT2D eigenvalue weighted by Crippen LogP contribution is -2.49. The number of carbonyl (C=O) groups is 1. The molecule has 1 heterocycles. The molecule has 1 aliphatic heterocycles. The van der Waals surface area contributed by atoms with Crippen LogP contribution < -0.4 is 5.73 Å². The van der Waals surface area contributed by atoms with Gasteiger partial charge in [0.05, 0.1) is 5.92 Å². The predicted molar refractivity (Wildman–Crippen MR) is 50.4 cm³/mol. The third kappa shape index (κ3) is 1.34. The molecule has 0 amide bonds. The highest BCUT2D eigenvalue weighted by atomic mass is 16.4. The number of carboxylic acid groups (broad SMARTS) is 1. The zero-order valence-electron chi connectivity index (χ0n) is 8.61. The molecule has 1 fully saturated rings. The smallest absolute Gasteiger partial charge is 0.309 e. The van der Waals surface area contributed by atoms with Gasteiger partial charge in [-0.1, -0.05) is 0 Å². The van der Waals surface area contributed by atoms with Crippen molar-refractivity contribution in [2.75, 3.05) is 7.05 Å². The second-order valence-corrected chi connectivity index (χ2v) is 4.39. The van der Waals surface area contributed by atoms with Crippen LogP contribution in [0.2, 0.25) is 0 Å². The quantitative estimate of drug-likeness (QED) is 0.610. The van der Waals surface area contributed by atoms with E-state index in [-0.39, 0.29) is 17.6 Å². The minimum atomic E-state index is -0.794. The van der Waals surface area contributed by atoms with Gasteiger partial charge in [-0.2, -0.15) is 0 Å². The normalized spacial score (nSPS) is 39.3. The number of rotatable bonds is 1. The molecule has 0 saturated carbocycles. The highest BCUT2D eigenvalue weighted by Gasteiger charge is 2.51. The van der Waals surface area contributed by atoms with Crippen LogP contribution in [0.25, 0.3) is 0 Å². The van der Waals surface area contributed by atoms with Crippen LogP contribution >= 0.6 is 0 Å². The summed E-state index contributed by atoms with van der Waals surface area (Å²) in [7, 11) is 1.92. The summed E-state index contributed by atoms with van der Waals surface area (Å²) in [6, 6.07) is -0.299. The molecule has 0 spiro atoms. The van der Waals surface area contributed by atoms with E-state index in [9.17, 15) is 4.79 Å². The van der Waals surface area contributed by atoms with Gasteiger partial charge in [0.1, 0.15) is 0 Å². The van der Waals surface area contributed by atoms with Gasteiger partial charge in [-0.25, -0.2) is 0 Å². The fourth-order valence-electron chi connectivity index (χ4n) is 2.10. The number of aliphatic carboxylic acids is 1. The van der Waals surface area contributed by atoms with E-state index in [4.69, 9.17) is 10.8 Å². The van der Waals surface area contributed by atoms with Gasteiger partial charge in [-0.15, -0.1) is 0 Å². The first-order valence-corrected chi connectivity index (χ1v) is 4.51. The van der Waals surface area contributed by atoms with Crippen LogP contribution in [0.4, 0.5) is 0 Å². The predicted octanol–water partition coefficient (Wildman–Crippen LogP) is 0.127. The summed E-state index contributed by atoms with van der Waals surface area (Å²) in [5.41, 5.74) is 5.68. The van der Waals surface area contributed by atoms with Crippen LogP contribution in [0.5, 0.6) is 0 Å². The van der Waals surface area contributed by atoms with Crippen LogP contribution in [0, 0.1) is 5.92 Å². The molecule has 1 saturated heterocycles. The monoisotopic (exact) mass is 186 g/mol. The van der Waals surface area contributed by atoms with Crippen LogP contribution in [0.1, 0.15) is 20.8 Å². The average molecular weight is 186 g/mol. The Morgan fingerprint density at radius 2 is 2.00 bits per heavy atom. The Bertz CT molecular complexity index is 228. The van der Waals surface area contributed by atoms with Crippen molar-refractivity contribution in [3.63, 3.8) is 0 Å². The summed E-state index contributed by atoms with van der Waals surface area (Å²) in [5, 5.41) is 9.00. The maximum absolute atomic E-state index is 10.9. The van der Waals surface area contributed by atoms with Crippen molar-refractivity contribution in [2.45, 2.75) is 38.4 Å². The van der Waals surface area contributed by atoms with Crippen molar-refractivity contribution in [3.05, 3.63) is 0 Å². The Kier molecular flexibility index (Phi) is 2.38. The number of likely N-dealkylation sites (tertiary alicyclic amines) is 1. The molecule has 0 aromatic heterocycles. The third-order valence-corrected chi connectivity index (χ3v) is 3.53. The Hall–Kier alpha value is -0.610. The molecule has 0 bridgehead atoms. The third-order valence-electron chi connectivity index (χ3n) is 3.53. The van der Waals surface area contributed by atoms with Gasteiger partial charge in [-0.05, 0) is 27.8 Å².